The van der Waals surface area contributed by atoms with Gasteiger partial charge in [0.25, 0.3) is 5.91 Å². The Morgan fingerprint density at radius 1 is 1.17 bits per heavy atom. The van der Waals surface area contributed by atoms with Crippen molar-refractivity contribution in [2.75, 3.05) is 32.7 Å². The van der Waals surface area contributed by atoms with Crippen LogP contribution in [0, 0.1) is 6.92 Å². The van der Waals surface area contributed by atoms with Crippen LogP contribution in [0.5, 0.6) is 5.75 Å². The van der Waals surface area contributed by atoms with Gasteiger partial charge in [0.15, 0.2) is 6.10 Å². The number of likely N-dealkylation sites (N-methyl/N-ethyl adjacent to an activating group) is 1. The van der Waals surface area contributed by atoms with Crippen LogP contribution in [0.3, 0.4) is 0 Å². The summed E-state index contributed by atoms with van der Waals surface area (Å²) in [6, 6.07) is 6.24. The molecule has 1 heterocycles. The van der Waals surface area contributed by atoms with E-state index in [0.717, 1.165) is 49.6 Å². The molecule has 0 aromatic heterocycles. The molecule has 1 amide bonds. The van der Waals surface area contributed by atoms with Gasteiger partial charge in [-0.25, -0.2) is 0 Å². The monoisotopic (exact) mass is 318 g/mol. The van der Waals surface area contributed by atoms with Crippen LogP contribution in [0.4, 0.5) is 0 Å². The summed E-state index contributed by atoms with van der Waals surface area (Å²) >= 11 is 0. The molecule has 4 nitrogen and oxygen atoms in total. The minimum Gasteiger partial charge on any atom is -0.481 e. The third-order valence-electron chi connectivity index (χ3n) is 4.57. The summed E-state index contributed by atoms with van der Waals surface area (Å²) in [6.07, 6.45) is -0.442. The van der Waals surface area contributed by atoms with Crippen molar-refractivity contribution in [3.8, 4) is 5.75 Å². The third-order valence-corrected chi connectivity index (χ3v) is 4.57. The predicted octanol–water partition coefficient (Wildman–Crippen LogP) is 3.05. The highest BCUT2D eigenvalue weighted by atomic mass is 16.5. The average molecular weight is 318 g/mol. The number of hydrogen-bond acceptors (Lipinski definition) is 3. The van der Waals surface area contributed by atoms with Crippen LogP contribution in [-0.2, 0) is 4.79 Å². The minimum absolute atomic E-state index is 0.0944. The van der Waals surface area contributed by atoms with Gasteiger partial charge in [-0.15, -0.1) is 0 Å². The third kappa shape index (κ3) is 4.47. The zero-order chi connectivity index (χ0) is 17.0. The molecule has 1 aliphatic heterocycles. The van der Waals surface area contributed by atoms with Crippen molar-refractivity contribution in [1.82, 2.24) is 9.80 Å². The van der Waals surface area contributed by atoms with Crippen LogP contribution in [0.15, 0.2) is 18.2 Å². The number of nitrogens with zero attached hydrogens (tertiary/aromatic N) is 2. The molecule has 1 aromatic carbocycles. The first-order valence-corrected chi connectivity index (χ1v) is 8.70. The highest BCUT2D eigenvalue weighted by Gasteiger charge is 2.26. The smallest absolute Gasteiger partial charge is 0.263 e. The molecule has 0 saturated carbocycles. The zero-order valence-corrected chi connectivity index (χ0v) is 15.1. The van der Waals surface area contributed by atoms with Gasteiger partial charge in [-0.05, 0) is 43.5 Å². The molecule has 0 radical (unpaired) electrons. The number of hydrogen-bond donors (Lipinski definition) is 0. The van der Waals surface area contributed by atoms with Gasteiger partial charge in [-0.1, -0.05) is 32.9 Å². The number of aryl methyl sites for hydroxylation is 1. The molecule has 23 heavy (non-hydrogen) atoms. The second-order valence-electron chi connectivity index (χ2n) is 6.72. The lowest BCUT2D eigenvalue weighted by Gasteiger charge is -2.35. The molecule has 1 unspecified atom stereocenters. The van der Waals surface area contributed by atoms with E-state index >= 15 is 0 Å². The number of ether oxygens (including phenoxy) is 1. The summed E-state index contributed by atoms with van der Waals surface area (Å²) in [5.41, 5.74) is 2.31. The Kier molecular flexibility index (Phi) is 6.05. The van der Waals surface area contributed by atoms with Gasteiger partial charge in [0, 0.05) is 26.2 Å². The summed E-state index contributed by atoms with van der Waals surface area (Å²) in [5.74, 6) is 1.31. The lowest BCUT2D eigenvalue weighted by molar-refractivity contribution is -0.139. The molecule has 1 aliphatic rings. The number of carbonyl (C=O) groups is 1. The van der Waals surface area contributed by atoms with Crippen LogP contribution in [0.1, 0.15) is 44.7 Å². The number of carbonyl (C=O) groups excluding carboxylic acids is 1. The van der Waals surface area contributed by atoms with Gasteiger partial charge in [0.05, 0.1) is 0 Å². The second kappa shape index (κ2) is 7.82. The first-order valence-electron chi connectivity index (χ1n) is 8.70. The normalized spacial score (nSPS) is 17.4. The van der Waals surface area contributed by atoms with Gasteiger partial charge < -0.3 is 14.5 Å². The van der Waals surface area contributed by atoms with Crippen molar-refractivity contribution in [3.63, 3.8) is 0 Å². The molecule has 4 heteroatoms. The standard InChI is InChI=1S/C19H30N2O2/c1-6-20-9-11-21(12-10-20)19(22)16(5)23-18-13-15(4)7-8-17(18)14(2)3/h7-8,13-14,16H,6,9-12H2,1-5H3. The van der Waals surface area contributed by atoms with Crippen molar-refractivity contribution < 1.29 is 9.53 Å². The van der Waals surface area contributed by atoms with E-state index in [2.05, 4.69) is 37.8 Å². The van der Waals surface area contributed by atoms with Crippen LogP contribution in [0.25, 0.3) is 0 Å². The van der Waals surface area contributed by atoms with Crippen molar-refractivity contribution in [2.24, 2.45) is 0 Å². The lowest BCUT2D eigenvalue weighted by Crippen LogP contribution is -2.51. The molecule has 0 spiro atoms. The Morgan fingerprint density at radius 2 is 1.83 bits per heavy atom. The SMILES string of the molecule is CCN1CCN(C(=O)C(C)Oc2cc(C)ccc2C(C)C)CC1. The number of benzene rings is 1. The van der Waals surface area contributed by atoms with Crippen molar-refractivity contribution >= 4 is 5.91 Å². The molecule has 128 valence electrons. The maximum Gasteiger partial charge on any atom is 0.263 e. The molecule has 0 N–H and O–H groups in total. The van der Waals surface area contributed by atoms with Crippen LogP contribution < -0.4 is 4.74 Å². The summed E-state index contributed by atoms with van der Waals surface area (Å²) in [7, 11) is 0. The highest BCUT2D eigenvalue weighted by molar-refractivity contribution is 5.81. The van der Waals surface area contributed by atoms with E-state index in [1.807, 2.05) is 24.8 Å². The van der Waals surface area contributed by atoms with E-state index in [4.69, 9.17) is 4.74 Å². The lowest BCUT2D eigenvalue weighted by atomic mass is 10.0. The van der Waals surface area contributed by atoms with Gasteiger partial charge in [0.1, 0.15) is 5.75 Å². The molecule has 1 atom stereocenters. The maximum absolute atomic E-state index is 12.6. The van der Waals surface area contributed by atoms with E-state index in [0.29, 0.717) is 5.92 Å². The number of piperazine rings is 1. The van der Waals surface area contributed by atoms with E-state index < -0.39 is 6.10 Å². The molecule has 1 fully saturated rings. The molecular weight excluding hydrogens is 288 g/mol. The molecule has 1 aromatic rings. The summed E-state index contributed by atoms with van der Waals surface area (Å²) in [6.45, 7) is 14.9. The summed E-state index contributed by atoms with van der Waals surface area (Å²) < 4.78 is 6.05. The molecule has 0 aliphatic carbocycles. The average Bonchev–Trinajstić information content (AvgIpc) is 2.54. The van der Waals surface area contributed by atoms with Gasteiger partial charge in [-0.2, -0.15) is 0 Å². The number of amides is 1. The largest absolute Gasteiger partial charge is 0.481 e. The van der Waals surface area contributed by atoms with Gasteiger partial charge in [0.2, 0.25) is 0 Å². The Morgan fingerprint density at radius 3 is 2.39 bits per heavy atom. The van der Waals surface area contributed by atoms with E-state index in [1.54, 1.807) is 0 Å². The first kappa shape index (κ1) is 17.8. The molecule has 1 saturated heterocycles. The Hall–Kier alpha value is -1.55. The molecule has 0 bridgehead atoms. The van der Waals surface area contributed by atoms with Gasteiger partial charge >= 0.3 is 0 Å². The summed E-state index contributed by atoms with van der Waals surface area (Å²) in [4.78, 5) is 16.9. The number of rotatable bonds is 5. The predicted molar refractivity (Wildman–Crippen MR) is 94.1 cm³/mol. The fourth-order valence-corrected chi connectivity index (χ4v) is 3.00. The van der Waals surface area contributed by atoms with Crippen molar-refractivity contribution in [3.05, 3.63) is 29.3 Å². The Balaban J connectivity index is 2.03. The van der Waals surface area contributed by atoms with E-state index in [1.165, 1.54) is 0 Å². The Bertz CT molecular complexity index is 534. The Labute approximate surface area is 140 Å². The molecular formula is C19H30N2O2. The first-order chi connectivity index (χ1) is 10.9. The fraction of sp³-hybridized carbons (Fsp3) is 0.632. The van der Waals surface area contributed by atoms with Crippen molar-refractivity contribution in [1.29, 1.82) is 0 Å². The fourth-order valence-electron chi connectivity index (χ4n) is 3.00. The quantitative estimate of drug-likeness (QED) is 0.836. The van der Waals surface area contributed by atoms with E-state index in [-0.39, 0.29) is 5.91 Å². The second-order valence-corrected chi connectivity index (χ2v) is 6.72. The van der Waals surface area contributed by atoms with Crippen molar-refractivity contribution in [2.45, 2.75) is 46.6 Å². The van der Waals surface area contributed by atoms with E-state index in [9.17, 15) is 4.79 Å². The summed E-state index contributed by atoms with van der Waals surface area (Å²) in [5, 5.41) is 0. The topological polar surface area (TPSA) is 32.8 Å². The maximum atomic E-state index is 12.6. The van der Waals surface area contributed by atoms with Crippen LogP contribution in [-0.4, -0.2) is 54.5 Å². The highest BCUT2D eigenvalue weighted by Crippen LogP contribution is 2.28. The molecule has 2 rings (SSSR count). The minimum atomic E-state index is -0.442. The van der Waals surface area contributed by atoms with Crippen LogP contribution >= 0.6 is 0 Å². The zero-order valence-electron chi connectivity index (χ0n) is 15.1. The van der Waals surface area contributed by atoms with Crippen LogP contribution in [0.2, 0.25) is 0 Å². The van der Waals surface area contributed by atoms with Gasteiger partial charge in [-0.3, -0.25) is 4.79 Å².